The third-order valence-electron chi connectivity index (χ3n) is 0.954. The van der Waals surface area contributed by atoms with Crippen LogP contribution < -0.4 is 0 Å². The van der Waals surface area contributed by atoms with E-state index in [0.29, 0.717) is 6.42 Å². The molecular weight excluding hydrogens is 146 g/mol. The summed E-state index contributed by atoms with van der Waals surface area (Å²) in [7, 11) is 1.29. The molecule has 0 aromatic rings. The van der Waals surface area contributed by atoms with Crippen molar-refractivity contribution in [1.82, 2.24) is 0 Å². The number of carboxylic acids is 1. The maximum absolute atomic E-state index is 10.3. The Kier molecular flexibility index (Phi) is 4.58. The van der Waals surface area contributed by atoms with E-state index in [0.717, 1.165) is 0 Å². The minimum Gasteiger partial charge on any atom is -0.477 e. The van der Waals surface area contributed by atoms with Gasteiger partial charge in [0.1, 0.15) is 7.11 Å². The molecule has 11 heavy (non-hydrogen) atoms. The second-order valence-electron chi connectivity index (χ2n) is 1.73. The fourth-order valence-corrected chi connectivity index (χ4v) is 0.492. The van der Waals surface area contributed by atoms with Crippen LogP contribution in [0, 0.1) is 12.3 Å². The van der Waals surface area contributed by atoms with E-state index in [1.54, 1.807) is 0 Å². The molecule has 1 N–H and O–H groups in total. The number of carbonyl (C=O) groups is 1. The molecular formula is C7H9NO3. The molecule has 0 atom stereocenters. The van der Waals surface area contributed by atoms with Gasteiger partial charge in [0.25, 0.3) is 0 Å². The van der Waals surface area contributed by atoms with Gasteiger partial charge in [0.2, 0.25) is 0 Å². The summed E-state index contributed by atoms with van der Waals surface area (Å²) >= 11 is 0. The quantitative estimate of drug-likeness (QED) is 0.365. The molecule has 4 heteroatoms. The van der Waals surface area contributed by atoms with Gasteiger partial charge in [-0.05, 0) is 0 Å². The first-order chi connectivity index (χ1) is 5.22. The number of oxime groups is 1. The fourth-order valence-electron chi connectivity index (χ4n) is 0.492. The molecule has 4 nitrogen and oxygen atoms in total. The minimum absolute atomic E-state index is 0.0505. The molecule has 0 spiro atoms. The van der Waals surface area contributed by atoms with Crippen LogP contribution in [0.2, 0.25) is 0 Å². The van der Waals surface area contributed by atoms with Crippen molar-refractivity contribution >= 4 is 11.7 Å². The Bertz CT molecular complexity index is 202. The second kappa shape index (κ2) is 5.30. The van der Waals surface area contributed by atoms with Gasteiger partial charge in [0, 0.05) is 12.8 Å². The highest BCUT2D eigenvalue weighted by atomic mass is 16.6. The van der Waals surface area contributed by atoms with Gasteiger partial charge < -0.3 is 9.94 Å². The molecule has 0 fully saturated rings. The van der Waals surface area contributed by atoms with Crippen LogP contribution in [0.5, 0.6) is 0 Å². The molecule has 0 bridgehead atoms. The molecule has 0 saturated heterocycles. The number of hydrogen-bond donors (Lipinski definition) is 1. The normalized spacial score (nSPS) is 10.4. The molecule has 0 aromatic carbocycles. The Balaban J connectivity index is 4.03. The van der Waals surface area contributed by atoms with E-state index in [2.05, 4.69) is 15.9 Å². The van der Waals surface area contributed by atoms with E-state index in [4.69, 9.17) is 11.5 Å². The highest BCUT2D eigenvalue weighted by molar-refractivity contribution is 6.35. The van der Waals surface area contributed by atoms with Gasteiger partial charge in [-0.15, -0.1) is 12.3 Å². The lowest BCUT2D eigenvalue weighted by molar-refractivity contribution is -0.129. The number of hydrogen-bond acceptors (Lipinski definition) is 3. The highest BCUT2D eigenvalue weighted by Crippen LogP contribution is 1.92. The lowest BCUT2D eigenvalue weighted by atomic mass is 10.2. The lowest BCUT2D eigenvalue weighted by Gasteiger charge is -1.95. The molecule has 0 aliphatic heterocycles. The zero-order valence-electron chi connectivity index (χ0n) is 6.20. The molecule has 0 aliphatic carbocycles. The molecule has 0 radical (unpaired) electrons. The fraction of sp³-hybridized carbons (Fsp3) is 0.429. The predicted octanol–water partition coefficient (Wildman–Crippen LogP) is 0.487. The molecule has 60 valence electrons. The van der Waals surface area contributed by atoms with Crippen molar-refractivity contribution in [2.24, 2.45) is 5.16 Å². The smallest absolute Gasteiger partial charge is 0.353 e. The molecule has 0 saturated carbocycles. The first kappa shape index (κ1) is 9.50. The van der Waals surface area contributed by atoms with Crippen molar-refractivity contribution in [3.8, 4) is 12.3 Å². The average Bonchev–Trinajstić information content (AvgIpc) is 1.97. The first-order valence-corrected chi connectivity index (χ1v) is 2.99. The Hall–Kier alpha value is -1.50. The first-order valence-electron chi connectivity index (χ1n) is 2.99. The maximum atomic E-state index is 10.3. The Labute approximate surface area is 64.8 Å². The number of aliphatic carboxylic acids is 1. The average molecular weight is 155 g/mol. The minimum atomic E-state index is -1.10. The molecule has 0 heterocycles. The number of terminal acetylenes is 1. The summed E-state index contributed by atoms with van der Waals surface area (Å²) in [5, 5.41) is 11.7. The standard InChI is InChI=1S/C7H9NO3/c1-3-4-5-6(7(9)10)8-11-2/h1H,4-5H2,2H3,(H,9,10). The summed E-state index contributed by atoms with van der Waals surface area (Å²) < 4.78 is 0. The van der Waals surface area contributed by atoms with E-state index < -0.39 is 5.97 Å². The van der Waals surface area contributed by atoms with Crippen LogP contribution in [0.3, 0.4) is 0 Å². The summed E-state index contributed by atoms with van der Waals surface area (Å²) in [4.78, 5) is 14.6. The van der Waals surface area contributed by atoms with Crippen molar-refractivity contribution in [1.29, 1.82) is 0 Å². The van der Waals surface area contributed by atoms with Crippen molar-refractivity contribution in [2.75, 3.05) is 7.11 Å². The SMILES string of the molecule is C#CCCC(=NOC)C(=O)O. The second-order valence-corrected chi connectivity index (χ2v) is 1.73. The molecule has 0 amide bonds. The van der Waals surface area contributed by atoms with Crippen LogP contribution in [0.1, 0.15) is 12.8 Å². The van der Waals surface area contributed by atoms with Gasteiger partial charge >= 0.3 is 5.97 Å². The van der Waals surface area contributed by atoms with E-state index in [1.165, 1.54) is 7.11 Å². The van der Waals surface area contributed by atoms with Crippen LogP contribution in [-0.2, 0) is 9.63 Å². The van der Waals surface area contributed by atoms with Crippen LogP contribution in [-0.4, -0.2) is 23.9 Å². The zero-order chi connectivity index (χ0) is 8.69. The predicted molar refractivity (Wildman–Crippen MR) is 40.1 cm³/mol. The van der Waals surface area contributed by atoms with Gasteiger partial charge in [-0.2, -0.15) is 0 Å². The third kappa shape index (κ3) is 3.98. The van der Waals surface area contributed by atoms with E-state index in [-0.39, 0.29) is 12.1 Å². The number of rotatable bonds is 4. The summed E-state index contributed by atoms with van der Waals surface area (Å²) in [6.45, 7) is 0. The molecule has 0 rings (SSSR count). The topological polar surface area (TPSA) is 58.9 Å². The summed E-state index contributed by atoms with van der Waals surface area (Å²) in [6.07, 6.45) is 5.53. The van der Waals surface area contributed by atoms with E-state index >= 15 is 0 Å². The Morgan fingerprint density at radius 1 is 1.82 bits per heavy atom. The monoisotopic (exact) mass is 155 g/mol. The van der Waals surface area contributed by atoms with Gasteiger partial charge in [0.15, 0.2) is 5.71 Å². The van der Waals surface area contributed by atoms with Crippen molar-refractivity contribution < 1.29 is 14.7 Å². The van der Waals surface area contributed by atoms with Gasteiger partial charge in [-0.3, -0.25) is 0 Å². The Morgan fingerprint density at radius 2 is 2.45 bits per heavy atom. The van der Waals surface area contributed by atoms with Crippen molar-refractivity contribution in [3.63, 3.8) is 0 Å². The summed E-state index contributed by atoms with van der Waals surface area (Å²) in [5.41, 5.74) is -0.0505. The third-order valence-corrected chi connectivity index (χ3v) is 0.954. The van der Waals surface area contributed by atoms with Crippen molar-refractivity contribution in [3.05, 3.63) is 0 Å². The van der Waals surface area contributed by atoms with Crippen LogP contribution in [0.25, 0.3) is 0 Å². The zero-order valence-corrected chi connectivity index (χ0v) is 6.20. The van der Waals surface area contributed by atoms with Crippen molar-refractivity contribution in [2.45, 2.75) is 12.8 Å². The Morgan fingerprint density at radius 3 is 2.82 bits per heavy atom. The van der Waals surface area contributed by atoms with E-state index in [9.17, 15) is 4.79 Å². The van der Waals surface area contributed by atoms with Crippen LogP contribution >= 0.6 is 0 Å². The molecule has 0 unspecified atom stereocenters. The summed E-state index contributed by atoms with van der Waals surface area (Å²) in [5.74, 6) is 1.22. The van der Waals surface area contributed by atoms with E-state index in [1.807, 2.05) is 0 Å². The van der Waals surface area contributed by atoms with Gasteiger partial charge in [0.05, 0.1) is 0 Å². The molecule has 0 aromatic heterocycles. The number of nitrogens with zero attached hydrogens (tertiary/aromatic N) is 1. The van der Waals surface area contributed by atoms with Crippen LogP contribution in [0.15, 0.2) is 5.16 Å². The summed E-state index contributed by atoms with van der Waals surface area (Å²) in [6, 6.07) is 0. The van der Waals surface area contributed by atoms with Gasteiger partial charge in [-0.25, -0.2) is 4.79 Å². The van der Waals surface area contributed by atoms with Crippen LogP contribution in [0.4, 0.5) is 0 Å². The number of carboxylic acid groups (broad SMARTS) is 1. The lowest BCUT2D eigenvalue weighted by Crippen LogP contribution is -2.12. The van der Waals surface area contributed by atoms with Gasteiger partial charge in [-0.1, -0.05) is 5.16 Å². The molecule has 0 aliphatic rings. The maximum Gasteiger partial charge on any atom is 0.353 e. The largest absolute Gasteiger partial charge is 0.477 e. The highest BCUT2D eigenvalue weighted by Gasteiger charge is 2.08.